The van der Waals surface area contributed by atoms with Crippen molar-refractivity contribution in [2.24, 2.45) is 11.3 Å². The molecule has 0 saturated heterocycles. The molecular weight excluding hydrogens is 418 g/mol. The summed E-state index contributed by atoms with van der Waals surface area (Å²) >= 11 is 0. The van der Waals surface area contributed by atoms with E-state index in [1.165, 1.54) is 0 Å². The summed E-state index contributed by atoms with van der Waals surface area (Å²) in [5, 5.41) is 0. The average molecular weight is 450 g/mol. The number of aromatic nitrogens is 1. The SMILES string of the molecule is COc1ccc(C(=O)c2c(C(C)(C(=O)OC(=O)C(C)(C)C)C(C)C)cc3ccccn23)cc1. The highest BCUT2D eigenvalue weighted by atomic mass is 16.6. The van der Waals surface area contributed by atoms with Crippen molar-refractivity contribution in [1.82, 2.24) is 4.40 Å². The molecule has 2 aromatic heterocycles. The van der Waals surface area contributed by atoms with Gasteiger partial charge in [-0.2, -0.15) is 0 Å². The Morgan fingerprint density at radius 3 is 2.09 bits per heavy atom. The molecule has 0 aliphatic carbocycles. The van der Waals surface area contributed by atoms with Gasteiger partial charge < -0.3 is 13.9 Å². The zero-order chi connectivity index (χ0) is 24.6. The van der Waals surface area contributed by atoms with E-state index < -0.39 is 22.8 Å². The van der Waals surface area contributed by atoms with Crippen LogP contribution >= 0.6 is 0 Å². The molecule has 1 aromatic carbocycles. The maximum Gasteiger partial charge on any atom is 0.324 e. The Hall–Kier alpha value is -3.41. The fourth-order valence-electron chi connectivity index (χ4n) is 3.63. The Labute approximate surface area is 194 Å². The lowest BCUT2D eigenvalue weighted by Crippen LogP contribution is -2.43. The lowest BCUT2D eigenvalue weighted by molar-refractivity contribution is -0.170. The standard InChI is InChI=1S/C27H31NO5/c1-17(2)27(6,25(31)33-24(30)26(3,4)5)21-16-19-10-8-9-15-28(19)22(21)23(29)18-11-13-20(32-7)14-12-18/h8-17H,1-7H3. The first-order valence-corrected chi connectivity index (χ1v) is 11.0. The van der Waals surface area contributed by atoms with Gasteiger partial charge in [-0.25, -0.2) is 0 Å². The largest absolute Gasteiger partial charge is 0.497 e. The summed E-state index contributed by atoms with van der Waals surface area (Å²) in [7, 11) is 1.56. The molecule has 0 radical (unpaired) electrons. The molecule has 3 rings (SSSR count). The number of carbonyl (C=O) groups excluding carboxylic acids is 3. The number of hydrogen-bond donors (Lipinski definition) is 0. The average Bonchev–Trinajstić information content (AvgIpc) is 3.17. The molecule has 0 N–H and O–H groups in total. The Kier molecular flexibility index (Phi) is 6.50. The summed E-state index contributed by atoms with van der Waals surface area (Å²) in [5.74, 6) is -1.12. The van der Waals surface area contributed by atoms with E-state index in [2.05, 4.69) is 0 Å². The van der Waals surface area contributed by atoms with E-state index in [0.717, 1.165) is 5.52 Å². The van der Waals surface area contributed by atoms with Gasteiger partial charge in [-0.15, -0.1) is 0 Å². The van der Waals surface area contributed by atoms with E-state index in [0.29, 0.717) is 22.6 Å². The van der Waals surface area contributed by atoms with Crippen LogP contribution in [0.5, 0.6) is 5.75 Å². The van der Waals surface area contributed by atoms with Crippen LogP contribution in [0.4, 0.5) is 0 Å². The lowest BCUT2D eigenvalue weighted by Gasteiger charge is -2.32. The van der Waals surface area contributed by atoms with Crippen LogP contribution in [0, 0.1) is 11.3 Å². The summed E-state index contributed by atoms with van der Waals surface area (Å²) in [6.07, 6.45) is 1.79. The molecular formula is C27H31NO5. The van der Waals surface area contributed by atoms with Crippen LogP contribution in [-0.4, -0.2) is 29.2 Å². The molecule has 0 spiro atoms. The second kappa shape index (κ2) is 8.85. The van der Waals surface area contributed by atoms with E-state index in [1.807, 2.05) is 38.1 Å². The Bertz CT molecular complexity index is 1200. The predicted octanol–water partition coefficient (Wildman–Crippen LogP) is 5.21. The number of benzene rings is 1. The van der Waals surface area contributed by atoms with Gasteiger partial charge in [-0.1, -0.05) is 19.9 Å². The number of rotatable bonds is 6. The normalized spacial score (nSPS) is 13.6. The summed E-state index contributed by atoms with van der Waals surface area (Å²) in [6.45, 7) is 10.6. The molecule has 1 atom stereocenters. The molecule has 6 heteroatoms. The molecule has 3 aromatic rings. The second-order valence-corrected chi connectivity index (χ2v) is 9.74. The van der Waals surface area contributed by atoms with E-state index in [1.54, 1.807) is 69.7 Å². The van der Waals surface area contributed by atoms with E-state index in [9.17, 15) is 14.4 Å². The quantitative estimate of drug-likeness (QED) is 0.293. The zero-order valence-corrected chi connectivity index (χ0v) is 20.3. The minimum atomic E-state index is -1.23. The van der Waals surface area contributed by atoms with Crippen molar-refractivity contribution >= 4 is 23.2 Å². The molecule has 0 saturated carbocycles. The third kappa shape index (κ3) is 4.42. The van der Waals surface area contributed by atoms with Crippen LogP contribution in [-0.2, 0) is 19.7 Å². The van der Waals surface area contributed by atoms with Gasteiger partial charge in [-0.05, 0) is 81.6 Å². The molecule has 33 heavy (non-hydrogen) atoms. The highest BCUT2D eigenvalue weighted by Crippen LogP contribution is 2.39. The number of hydrogen-bond acceptors (Lipinski definition) is 5. The number of methoxy groups -OCH3 is 1. The maximum atomic E-state index is 13.7. The van der Waals surface area contributed by atoms with Crippen molar-refractivity contribution in [3.8, 4) is 5.75 Å². The number of esters is 2. The van der Waals surface area contributed by atoms with Crippen LogP contribution in [0.25, 0.3) is 5.52 Å². The number of carbonyl (C=O) groups is 3. The molecule has 1 unspecified atom stereocenters. The first-order valence-electron chi connectivity index (χ1n) is 11.0. The highest BCUT2D eigenvalue weighted by Gasteiger charge is 2.46. The monoisotopic (exact) mass is 449 g/mol. The Morgan fingerprint density at radius 2 is 1.55 bits per heavy atom. The summed E-state index contributed by atoms with van der Waals surface area (Å²) in [6, 6.07) is 14.2. The number of nitrogens with zero attached hydrogens (tertiary/aromatic N) is 1. The second-order valence-electron chi connectivity index (χ2n) is 9.74. The minimum absolute atomic E-state index is 0.235. The zero-order valence-electron chi connectivity index (χ0n) is 20.3. The summed E-state index contributed by atoms with van der Waals surface area (Å²) in [4.78, 5) is 39.7. The number of fused-ring (bicyclic) bond motifs is 1. The van der Waals surface area contributed by atoms with Crippen molar-refractivity contribution in [3.05, 3.63) is 71.5 Å². The fraction of sp³-hybridized carbons (Fsp3) is 0.370. The maximum absolute atomic E-state index is 13.7. The van der Waals surface area contributed by atoms with Crippen molar-refractivity contribution in [1.29, 1.82) is 0 Å². The number of pyridine rings is 1. The topological polar surface area (TPSA) is 74.1 Å². The molecule has 0 amide bonds. The van der Waals surface area contributed by atoms with E-state index >= 15 is 0 Å². The van der Waals surface area contributed by atoms with Crippen molar-refractivity contribution < 1.29 is 23.9 Å². The smallest absolute Gasteiger partial charge is 0.324 e. The van der Waals surface area contributed by atoms with Crippen LogP contribution < -0.4 is 4.74 Å². The first kappa shape index (κ1) is 24.2. The van der Waals surface area contributed by atoms with Gasteiger partial charge in [0.1, 0.15) is 5.75 Å². The van der Waals surface area contributed by atoms with E-state index in [-0.39, 0.29) is 11.7 Å². The molecule has 0 aliphatic rings. The Morgan fingerprint density at radius 1 is 0.909 bits per heavy atom. The Balaban J connectivity index is 2.20. The third-order valence-electron chi connectivity index (χ3n) is 6.18. The van der Waals surface area contributed by atoms with Crippen LogP contribution in [0.3, 0.4) is 0 Å². The molecule has 0 aliphatic heterocycles. The van der Waals surface area contributed by atoms with Crippen LogP contribution in [0.1, 0.15) is 63.2 Å². The van der Waals surface area contributed by atoms with Crippen LogP contribution in [0.2, 0.25) is 0 Å². The summed E-state index contributed by atoms with van der Waals surface area (Å²) in [5.41, 5.74) is 0.0613. The van der Waals surface area contributed by atoms with E-state index in [4.69, 9.17) is 9.47 Å². The van der Waals surface area contributed by atoms with Crippen molar-refractivity contribution in [2.75, 3.05) is 7.11 Å². The highest BCUT2D eigenvalue weighted by molar-refractivity contribution is 6.11. The molecule has 6 nitrogen and oxygen atoms in total. The molecule has 174 valence electrons. The van der Waals surface area contributed by atoms with Gasteiger partial charge >= 0.3 is 11.9 Å². The van der Waals surface area contributed by atoms with Gasteiger partial charge in [0.05, 0.1) is 23.6 Å². The third-order valence-corrected chi connectivity index (χ3v) is 6.18. The molecule has 0 fully saturated rings. The van der Waals surface area contributed by atoms with Crippen molar-refractivity contribution in [3.63, 3.8) is 0 Å². The van der Waals surface area contributed by atoms with Gasteiger partial charge in [0.2, 0.25) is 5.78 Å². The van der Waals surface area contributed by atoms with Crippen molar-refractivity contribution in [2.45, 2.75) is 47.0 Å². The van der Waals surface area contributed by atoms with Gasteiger partial charge in [0.25, 0.3) is 0 Å². The number of ketones is 1. The predicted molar refractivity (Wildman–Crippen MR) is 127 cm³/mol. The lowest BCUT2D eigenvalue weighted by atomic mass is 9.72. The van der Waals surface area contributed by atoms with Crippen LogP contribution in [0.15, 0.2) is 54.7 Å². The van der Waals surface area contributed by atoms with Gasteiger partial charge in [0, 0.05) is 17.3 Å². The van der Waals surface area contributed by atoms with Gasteiger partial charge in [0.15, 0.2) is 0 Å². The molecule has 0 bridgehead atoms. The number of ether oxygens (including phenoxy) is 2. The molecule has 2 heterocycles. The minimum Gasteiger partial charge on any atom is -0.497 e. The first-order chi connectivity index (χ1) is 15.4. The van der Waals surface area contributed by atoms with Gasteiger partial charge in [-0.3, -0.25) is 14.4 Å². The fourth-order valence-corrected chi connectivity index (χ4v) is 3.63. The summed E-state index contributed by atoms with van der Waals surface area (Å²) < 4.78 is 12.3.